The number of nitrogens with zero attached hydrogens (tertiary/aromatic N) is 2. The molecule has 0 unspecified atom stereocenters. The lowest BCUT2D eigenvalue weighted by atomic mass is 10.2. The minimum absolute atomic E-state index is 0.0344. The van der Waals surface area contributed by atoms with Crippen LogP contribution in [0.2, 0.25) is 0 Å². The van der Waals surface area contributed by atoms with E-state index < -0.39 is 9.84 Å². The highest BCUT2D eigenvalue weighted by Crippen LogP contribution is 2.23. The second kappa shape index (κ2) is 6.32. The van der Waals surface area contributed by atoms with Crippen LogP contribution in [0.5, 0.6) is 0 Å². The average Bonchev–Trinajstić information content (AvgIpc) is 2.54. The summed E-state index contributed by atoms with van der Waals surface area (Å²) in [6, 6.07) is 8.97. The van der Waals surface area contributed by atoms with Crippen molar-refractivity contribution < 1.29 is 13.2 Å². The third kappa shape index (κ3) is 3.14. The van der Waals surface area contributed by atoms with E-state index in [1.54, 1.807) is 18.3 Å². The third-order valence-corrected chi connectivity index (χ3v) is 5.98. The van der Waals surface area contributed by atoms with Crippen molar-refractivity contribution in [2.45, 2.75) is 17.9 Å². The van der Waals surface area contributed by atoms with Gasteiger partial charge in [-0.3, -0.25) is 9.88 Å². The predicted octanol–water partition coefficient (Wildman–Crippen LogP) is 1.73. The van der Waals surface area contributed by atoms with Crippen LogP contribution in [-0.2, 0) is 14.6 Å². The first-order valence-electron chi connectivity index (χ1n) is 7.46. The van der Waals surface area contributed by atoms with Gasteiger partial charge in [0.05, 0.1) is 29.4 Å². The minimum Gasteiger partial charge on any atom is -0.379 e. The Hall–Kier alpha value is -1.50. The van der Waals surface area contributed by atoms with Crippen LogP contribution in [0.3, 0.4) is 0 Å². The normalized spacial score (nSPS) is 18.4. The van der Waals surface area contributed by atoms with Gasteiger partial charge in [-0.15, -0.1) is 0 Å². The molecule has 118 valence electrons. The summed E-state index contributed by atoms with van der Waals surface area (Å²) in [5, 5.41) is 0.850. The van der Waals surface area contributed by atoms with Crippen LogP contribution in [0, 0.1) is 0 Å². The van der Waals surface area contributed by atoms with Crippen molar-refractivity contribution in [1.29, 1.82) is 0 Å². The molecule has 2 heterocycles. The van der Waals surface area contributed by atoms with Crippen molar-refractivity contribution in [3.63, 3.8) is 0 Å². The molecule has 1 aromatic carbocycles. The third-order valence-electron chi connectivity index (χ3n) is 4.06. The zero-order chi connectivity index (χ0) is 15.6. The number of morpholine rings is 1. The molecule has 0 N–H and O–H groups in total. The lowest BCUT2D eigenvalue weighted by Crippen LogP contribution is -2.45. The molecule has 1 saturated heterocycles. The molecule has 0 amide bonds. The van der Waals surface area contributed by atoms with Gasteiger partial charge in [0.25, 0.3) is 0 Å². The topological polar surface area (TPSA) is 59.5 Å². The maximum absolute atomic E-state index is 12.8. The molecule has 0 saturated carbocycles. The number of para-hydroxylation sites is 1. The van der Waals surface area contributed by atoms with Gasteiger partial charge in [-0.2, -0.15) is 0 Å². The van der Waals surface area contributed by atoms with Gasteiger partial charge in [0.2, 0.25) is 0 Å². The maximum Gasteiger partial charge on any atom is 0.182 e. The molecule has 3 rings (SSSR count). The number of hydrogen-bond acceptors (Lipinski definition) is 5. The first-order chi connectivity index (χ1) is 10.6. The number of benzene rings is 1. The van der Waals surface area contributed by atoms with Gasteiger partial charge in [-0.1, -0.05) is 18.2 Å². The van der Waals surface area contributed by atoms with Gasteiger partial charge >= 0.3 is 0 Å². The molecule has 1 fully saturated rings. The Morgan fingerprint density at radius 2 is 1.95 bits per heavy atom. The highest BCUT2D eigenvalue weighted by Gasteiger charge is 2.25. The molecule has 0 aliphatic carbocycles. The standard InChI is InChI=1S/C16H20N2O3S/c1-13(18-8-10-21-11-9-18)12-22(19,20)15-6-2-4-14-5-3-7-17-16(14)15/h2-7,13H,8-12H2,1H3/t13-/m1/s1. The summed E-state index contributed by atoms with van der Waals surface area (Å²) in [4.78, 5) is 6.75. The Labute approximate surface area is 130 Å². The molecule has 22 heavy (non-hydrogen) atoms. The summed E-state index contributed by atoms with van der Waals surface area (Å²) in [5.41, 5.74) is 0.555. The van der Waals surface area contributed by atoms with Gasteiger partial charge < -0.3 is 4.74 Å². The van der Waals surface area contributed by atoms with E-state index in [9.17, 15) is 8.42 Å². The van der Waals surface area contributed by atoms with E-state index >= 15 is 0 Å². The Morgan fingerprint density at radius 3 is 2.73 bits per heavy atom. The molecule has 5 nitrogen and oxygen atoms in total. The average molecular weight is 320 g/mol. The van der Waals surface area contributed by atoms with E-state index in [1.807, 2.05) is 25.1 Å². The van der Waals surface area contributed by atoms with Crippen molar-refractivity contribution in [3.8, 4) is 0 Å². The van der Waals surface area contributed by atoms with Gasteiger partial charge in [0.1, 0.15) is 0 Å². The molecule has 1 atom stereocenters. The molecule has 0 bridgehead atoms. The van der Waals surface area contributed by atoms with Gasteiger partial charge in [0.15, 0.2) is 9.84 Å². The molecular formula is C16H20N2O3S. The SMILES string of the molecule is C[C@H](CS(=O)(=O)c1cccc2cccnc12)N1CCOCC1. The number of rotatable bonds is 4. The fourth-order valence-electron chi connectivity index (χ4n) is 2.86. The Bertz CT molecular complexity index is 750. The van der Waals surface area contributed by atoms with E-state index in [1.165, 1.54) is 0 Å². The van der Waals surface area contributed by atoms with Gasteiger partial charge in [-0.25, -0.2) is 8.42 Å². The monoisotopic (exact) mass is 320 g/mol. The van der Waals surface area contributed by atoms with Crippen molar-refractivity contribution in [2.24, 2.45) is 0 Å². The minimum atomic E-state index is -3.38. The number of fused-ring (bicyclic) bond motifs is 1. The zero-order valence-corrected chi connectivity index (χ0v) is 13.4. The summed E-state index contributed by atoms with van der Waals surface area (Å²) in [5.74, 6) is 0.0999. The van der Waals surface area contributed by atoms with Crippen LogP contribution in [0.15, 0.2) is 41.4 Å². The Balaban J connectivity index is 1.88. The van der Waals surface area contributed by atoms with Gasteiger partial charge in [0, 0.05) is 30.7 Å². The zero-order valence-electron chi connectivity index (χ0n) is 12.6. The van der Waals surface area contributed by atoms with Crippen LogP contribution in [0.4, 0.5) is 0 Å². The fourth-order valence-corrected chi connectivity index (χ4v) is 4.63. The fraction of sp³-hybridized carbons (Fsp3) is 0.438. The number of hydrogen-bond donors (Lipinski definition) is 0. The summed E-state index contributed by atoms with van der Waals surface area (Å²) < 4.78 is 30.9. The first kappa shape index (κ1) is 15.4. The maximum atomic E-state index is 12.8. The van der Waals surface area contributed by atoms with Crippen LogP contribution in [-0.4, -0.2) is 56.4 Å². The molecular weight excluding hydrogens is 300 g/mol. The van der Waals surface area contributed by atoms with E-state index in [2.05, 4.69) is 9.88 Å². The second-order valence-corrected chi connectivity index (χ2v) is 7.61. The number of sulfone groups is 1. The van der Waals surface area contributed by atoms with Gasteiger partial charge in [-0.05, 0) is 19.1 Å². The Kier molecular flexibility index (Phi) is 4.42. The predicted molar refractivity (Wildman–Crippen MR) is 85.6 cm³/mol. The smallest absolute Gasteiger partial charge is 0.182 e. The molecule has 1 aliphatic rings. The van der Waals surface area contributed by atoms with Crippen molar-refractivity contribution in [1.82, 2.24) is 9.88 Å². The molecule has 6 heteroatoms. The van der Waals surface area contributed by atoms with Crippen molar-refractivity contribution >= 4 is 20.7 Å². The number of ether oxygens (including phenoxy) is 1. The molecule has 2 aromatic rings. The largest absolute Gasteiger partial charge is 0.379 e. The second-order valence-electron chi connectivity index (χ2n) is 5.61. The van der Waals surface area contributed by atoms with E-state index in [-0.39, 0.29) is 11.8 Å². The van der Waals surface area contributed by atoms with Crippen molar-refractivity contribution in [2.75, 3.05) is 32.1 Å². The van der Waals surface area contributed by atoms with Crippen molar-refractivity contribution in [3.05, 3.63) is 36.5 Å². The summed E-state index contributed by atoms with van der Waals surface area (Å²) in [6.07, 6.45) is 1.63. The van der Waals surface area contributed by atoms with Crippen LogP contribution in [0.1, 0.15) is 6.92 Å². The molecule has 0 radical (unpaired) electrons. The van der Waals surface area contributed by atoms with E-state index in [4.69, 9.17) is 4.74 Å². The van der Waals surface area contributed by atoms with Crippen LogP contribution >= 0.6 is 0 Å². The van der Waals surface area contributed by atoms with E-state index in [0.717, 1.165) is 18.5 Å². The number of pyridine rings is 1. The molecule has 0 spiro atoms. The quantitative estimate of drug-likeness (QED) is 0.858. The highest BCUT2D eigenvalue weighted by molar-refractivity contribution is 7.91. The first-order valence-corrected chi connectivity index (χ1v) is 9.11. The molecule has 1 aliphatic heterocycles. The highest BCUT2D eigenvalue weighted by atomic mass is 32.2. The lowest BCUT2D eigenvalue weighted by Gasteiger charge is -2.32. The summed E-state index contributed by atoms with van der Waals surface area (Å²) >= 11 is 0. The van der Waals surface area contributed by atoms with Crippen LogP contribution < -0.4 is 0 Å². The number of aromatic nitrogens is 1. The Morgan fingerprint density at radius 1 is 1.23 bits per heavy atom. The molecule has 1 aromatic heterocycles. The summed E-state index contributed by atoms with van der Waals surface area (Å²) in [7, 11) is -3.38. The van der Waals surface area contributed by atoms with Crippen LogP contribution in [0.25, 0.3) is 10.9 Å². The van der Waals surface area contributed by atoms with E-state index in [0.29, 0.717) is 23.6 Å². The lowest BCUT2D eigenvalue weighted by molar-refractivity contribution is 0.0243. The summed E-state index contributed by atoms with van der Waals surface area (Å²) in [6.45, 7) is 4.86.